The van der Waals surface area contributed by atoms with Crippen molar-refractivity contribution in [2.24, 2.45) is 0 Å². The Morgan fingerprint density at radius 2 is 2.33 bits per heavy atom. The van der Waals surface area contributed by atoms with Crippen LogP contribution in [-0.2, 0) is 11.3 Å². The Labute approximate surface area is 128 Å². The van der Waals surface area contributed by atoms with Crippen LogP contribution < -0.4 is 5.32 Å². The van der Waals surface area contributed by atoms with Crippen LogP contribution in [0.2, 0.25) is 0 Å². The van der Waals surface area contributed by atoms with Gasteiger partial charge in [-0.15, -0.1) is 11.3 Å². The summed E-state index contributed by atoms with van der Waals surface area (Å²) in [6, 6.07) is 6.65. The van der Waals surface area contributed by atoms with Gasteiger partial charge >= 0.3 is 0 Å². The lowest BCUT2D eigenvalue weighted by atomic mass is 10.3. The van der Waals surface area contributed by atoms with Crippen LogP contribution in [0.1, 0.15) is 29.1 Å². The highest BCUT2D eigenvalue weighted by molar-refractivity contribution is 7.11. The van der Waals surface area contributed by atoms with Crippen molar-refractivity contribution in [1.82, 2.24) is 14.7 Å². The second-order valence-electron chi connectivity index (χ2n) is 5.55. The molecule has 0 aliphatic carbocycles. The summed E-state index contributed by atoms with van der Waals surface area (Å²) in [4.78, 5) is 16.3. The highest BCUT2D eigenvalue weighted by Gasteiger charge is 2.24. The summed E-state index contributed by atoms with van der Waals surface area (Å²) in [7, 11) is 0. The van der Waals surface area contributed by atoms with Gasteiger partial charge in [0.25, 0.3) is 0 Å². The quantitative estimate of drug-likeness (QED) is 0.945. The van der Waals surface area contributed by atoms with Crippen LogP contribution >= 0.6 is 11.3 Å². The first-order chi connectivity index (χ1) is 10.1. The van der Waals surface area contributed by atoms with Gasteiger partial charge in [0.15, 0.2) is 5.82 Å². The van der Waals surface area contributed by atoms with E-state index < -0.39 is 0 Å². The number of likely N-dealkylation sites (tertiary alicyclic amines) is 1. The molecule has 2 aromatic heterocycles. The van der Waals surface area contributed by atoms with Crippen molar-refractivity contribution in [2.75, 3.05) is 18.4 Å². The fourth-order valence-electron chi connectivity index (χ4n) is 2.75. The summed E-state index contributed by atoms with van der Waals surface area (Å²) < 4.78 is 1.98. The second-order valence-corrected chi connectivity index (χ2v) is 6.92. The summed E-state index contributed by atoms with van der Waals surface area (Å²) in [5.74, 6) is 0.552. The summed E-state index contributed by atoms with van der Waals surface area (Å²) in [6.45, 7) is 6.78. The van der Waals surface area contributed by atoms with Crippen LogP contribution in [0.4, 0.5) is 5.82 Å². The van der Waals surface area contributed by atoms with Gasteiger partial charge in [-0.3, -0.25) is 14.4 Å². The summed E-state index contributed by atoms with van der Waals surface area (Å²) in [5, 5.41) is 7.16. The maximum Gasteiger partial charge on any atom is 0.222 e. The van der Waals surface area contributed by atoms with Crippen LogP contribution in [0.25, 0.3) is 0 Å². The summed E-state index contributed by atoms with van der Waals surface area (Å²) in [5.41, 5.74) is 0. The molecule has 1 saturated heterocycles. The van der Waals surface area contributed by atoms with Crippen LogP contribution in [0.5, 0.6) is 0 Å². The summed E-state index contributed by atoms with van der Waals surface area (Å²) >= 11 is 1.87. The van der Waals surface area contributed by atoms with Crippen molar-refractivity contribution in [3.8, 4) is 0 Å². The number of aryl methyl sites for hydroxylation is 1. The molecule has 0 saturated carbocycles. The molecule has 1 atom stereocenters. The Bertz CT molecular complexity index is 633. The number of carbonyl (C=O) groups excluding carboxylic acids is 1. The minimum atomic E-state index is -0.0821. The lowest BCUT2D eigenvalue weighted by Crippen LogP contribution is -2.21. The SMILES string of the molecule is CC(=O)Nc1ccn([C@H]2CCN(Cc3ccc(C)s3)C2)n1. The van der Waals surface area contributed by atoms with E-state index in [9.17, 15) is 4.79 Å². The van der Waals surface area contributed by atoms with Gasteiger partial charge in [-0.05, 0) is 25.5 Å². The molecule has 1 amide bonds. The number of hydrogen-bond acceptors (Lipinski definition) is 4. The van der Waals surface area contributed by atoms with Gasteiger partial charge in [0.2, 0.25) is 5.91 Å². The van der Waals surface area contributed by atoms with E-state index in [-0.39, 0.29) is 5.91 Å². The Kier molecular flexibility index (Phi) is 4.07. The molecule has 0 spiro atoms. The number of amides is 1. The molecule has 1 fully saturated rings. The smallest absolute Gasteiger partial charge is 0.222 e. The first-order valence-electron chi connectivity index (χ1n) is 7.20. The molecule has 1 aliphatic heterocycles. The molecule has 0 radical (unpaired) electrons. The predicted molar refractivity (Wildman–Crippen MR) is 84.5 cm³/mol. The monoisotopic (exact) mass is 304 g/mol. The number of rotatable bonds is 4. The molecule has 3 heterocycles. The van der Waals surface area contributed by atoms with Gasteiger partial charge in [-0.1, -0.05) is 0 Å². The third-order valence-corrected chi connectivity index (χ3v) is 4.69. The Balaban J connectivity index is 1.58. The van der Waals surface area contributed by atoms with Crippen molar-refractivity contribution >= 4 is 23.1 Å². The molecule has 0 unspecified atom stereocenters. The van der Waals surface area contributed by atoms with Crippen LogP contribution in [0, 0.1) is 6.92 Å². The molecule has 1 aliphatic rings. The lowest BCUT2D eigenvalue weighted by Gasteiger charge is -2.15. The molecule has 1 N–H and O–H groups in total. The molecular weight excluding hydrogens is 284 g/mol. The second kappa shape index (κ2) is 5.99. The third kappa shape index (κ3) is 3.51. The van der Waals surface area contributed by atoms with Crippen LogP contribution in [-0.4, -0.2) is 33.7 Å². The zero-order chi connectivity index (χ0) is 14.8. The van der Waals surface area contributed by atoms with Gasteiger partial charge in [0, 0.05) is 48.6 Å². The van der Waals surface area contributed by atoms with E-state index in [1.54, 1.807) is 0 Å². The fraction of sp³-hybridized carbons (Fsp3) is 0.467. The molecule has 5 nitrogen and oxygen atoms in total. The highest BCUT2D eigenvalue weighted by atomic mass is 32.1. The first-order valence-corrected chi connectivity index (χ1v) is 8.02. The average Bonchev–Trinajstić information content (AvgIpc) is 3.11. The number of anilines is 1. The van der Waals surface area contributed by atoms with E-state index in [4.69, 9.17) is 0 Å². The van der Waals surface area contributed by atoms with Gasteiger partial charge in [0.05, 0.1) is 6.04 Å². The Morgan fingerprint density at radius 3 is 3.05 bits per heavy atom. The van der Waals surface area contributed by atoms with Gasteiger partial charge in [0.1, 0.15) is 0 Å². The normalized spacial score (nSPS) is 19.0. The largest absolute Gasteiger partial charge is 0.309 e. The maximum absolute atomic E-state index is 11.0. The predicted octanol–water partition coefficient (Wildman–Crippen LogP) is 2.66. The Morgan fingerprint density at radius 1 is 1.48 bits per heavy atom. The van der Waals surface area contributed by atoms with E-state index in [0.717, 1.165) is 26.1 Å². The number of hydrogen-bond donors (Lipinski definition) is 1. The van der Waals surface area contributed by atoms with Crippen molar-refractivity contribution in [3.05, 3.63) is 34.2 Å². The van der Waals surface area contributed by atoms with E-state index in [1.807, 2.05) is 28.3 Å². The zero-order valence-corrected chi connectivity index (χ0v) is 13.2. The fourth-order valence-corrected chi connectivity index (χ4v) is 3.68. The maximum atomic E-state index is 11.0. The van der Waals surface area contributed by atoms with E-state index in [1.165, 1.54) is 16.7 Å². The van der Waals surface area contributed by atoms with E-state index in [2.05, 4.69) is 34.4 Å². The number of aromatic nitrogens is 2. The molecular formula is C15H20N4OS. The van der Waals surface area contributed by atoms with Crippen molar-refractivity contribution < 1.29 is 4.79 Å². The van der Waals surface area contributed by atoms with Gasteiger partial charge in [-0.2, -0.15) is 5.10 Å². The highest BCUT2D eigenvalue weighted by Crippen LogP contribution is 2.25. The number of thiophene rings is 1. The molecule has 3 rings (SSSR count). The van der Waals surface area contributed by atoms with Crippen LogP contribution in [0.3, 0.4) is 0 Å². The molecule has 2 aromatic rings. The lowest BCUT2D eigenvalue weighted by molar-refractivity contribution is -0.114. The topological polar surface area (TPSA) is 50.2 Å². The number of carbonyl (C=O) groups is 1. The molecule has 21 heavy (non-hydrogen) atoms. The Hall–Kier alpha value is -1.66. The van der Waals surface area contributed by atoms with E-state index >= 15 is 0 Å². The third-order valence-electron chi connectivity index (χ3n) is 3.71. The average molecular weight is 304 g/mol. The van der Waals surface area contributed by atoms with Crippen molar-refractivity contribution in [1.29, 1.82) is 0 Å². The molecule has 6 heteroatoms. The minimum Gasteiger partial charge on any atom is -0.309 e. The molecule has 112 valence electrons. The number of nitrogens with zero attached hydrogens (tertiary/aromatic N) is 3. The number of nitrogens with one attached hydrogen (secondary N) is 1. The molecule has 0 aromatic carbocycles. The standard InChI is InChI=1S/C15H20N4OS/c1-11-3-4-14(21-11)10-18-7-5-13(9-18)19-8-6-15(17-19)16-12(2)20/h3-4,6,8,13H,5,7,9-10H2,1-2H3,(H,16,17,20)/t13-/m0/s1. The minimum absolute atomic E-state index is 0.0821. The molecule has 0 bridgehead atoms. The van der Waals surface area contributed by atoms with Gasteiger partial charge in [-0.25, -0.2) is 0 Å². The summed E-state index contributed by atoms with van der Waals surface area (Å²) in [6.07, 6.45) is 3.06. The van der Waals surface area contributed by atoms with Crippen molar-refractivity contribution in [2.45, 2.75) is 32.9 Å². The van der Waals surface area contributed by atoms with E-state index in [0.29, 0.717) is 11.9 Å². The van der Waals surface area contributed by atoms with Gasteiger partial charge < -0.3 is 5.32 Å². The van der Waals surface area contributed by atoms with Crippen LogP contribution in [0.15, 0.2) is 24.4 Å². The van der Waals surface area contributed by atoms with Crippen molar-refractivity contribution in [3.63, 3.8) is 0 Å². The first kappa shape index (κ1) is 14.3. The zero-order valence-electron chi connectivity index (χ0n) is 12.4.